The van der Waals surface area contributed by atoms with Crippen LogP contribution in [0.2, 0.25) is 0 Å². The summed E-state index contributed by atoms with van der Waals surface area (Å²) < 4.78 is 9.27. The van der Waals surface area contributed by atoms with Crippen molar-refractivity contribution in [3.05, 3.63) is 30.5 Å². The molecule has 0 fully saturated rings. The molecule has 0 bridgehead atoms. The van der Waals surface area contributed by atoms with Gasteiger partial charge in [-0.15, -0.1) is 0 Å². The summed E-state index contributed by atoms with van der Waals surface area (Å²) in [4.78, 5) is 9.18. The van der Waals surface area contributed by atoms with Crippen molar-refractivity contribution < 1.29 is 13.9 Å². The van der Waals surface area contributed by atoms with Crippen molar-refractivity contribution >= 4 is 23.1 Å². The van der Waals surface area contributed by atoms with Crippen molar-refractivity contribution in [2.45, 2.75) is 6.92 Å². The summed E-state index contributed by atoms with van der Waals surface area (Å²) >= 11 is 0. The number of carbonyl (C=O) groups is 1. The van der Waals surface area contributed by atoms with Gasteiger partial charge >= 0.3 is 0 Å². The van der Waals surface area contributed by atoms with E-state index in [-0.39, 0.29) is 0 Å². The van der Waals surface area contributed by atoms with Gasteiger partial charge in [-0.25, -0.2) is 0 Å². The summed E-state index contributed by atoms with van der Waals surface area (Å²) in [5, 5.41) is 1.09. The lowest BCUT2D eigenvalue weighted by atomic mass is 10.2. The Morgan fingerprint density at radius 3 is 2.87 bits per heavy atom. The molecule has 0 spiro atoms. The molecule has 2 N–H and O–H groups in total. The first-order valence-corrected chi connectivity index (χ1v) is 4.56. The maximum absolute atomic E-state index is 9.18. The number of nitrogens with two attached hydrogens (primary N) is 1. The molecular weight excluding hydrogens is 194 g/mol. The van der Waals surface area contributed by atoms with Crippen LogP contribution in [0.4, 0.5) is 5.69 Å². The fraction of sp³-hybridized carbons (Fsp3) is 0.182. The van der Waals surface area contributed by atoms with Gasteiger partial charge in [0, 0.05) is 17.1 Å². The summed E-state index contributed by atoms with van der Waals surface area (Å²) in [6.45, 7) is 2.66. The lowest BCUT2D eigenvalue weighted by Gasteiger charge is -1.89. The Balaban J connectivity index is 0.000000195. The highest BCUT2D eigenvalue weighted by molar-refractivity contribution is 5.80. The van der Waals surface area contributed by atoms with Crippen LogP contribution in [0.25, 0.3) is 11.0 Å². The molecule has 4 nitrogen and oxygen atoms in total. The zero-order valence-electron chi connectivity index (χ0n) is 8.47. The number of furan rings is 1. The molecule has 0 aliphatic carbocycles. The van der Waals surface area contributed by atoms with Crippen LogP contribution < -0.4 is 5.73 Å². The zero-order valence-corrected chi connectivity index (χ0v) is 8.47. The summed E-state index contributed by atoms with van der Waals surface area (Å²) in [5.41, 5.74) is 7.11. The molecule has 1 aromatic carbocycles. The van der Waals surface area contributed by atoms with Gasteiger partial charge < -0.3 is 14.9 Å². The van der Waals surface area contributed by atoms with Gasteiger partial charge in [0.05, 0.1) is 12.9 Å². The minimum atomic E-state index is 0.431. The van der Waals surface area contributed by atoms with E-state index in [1.54, 1.807) is 13.2 Å². The fourth-order valence-electron chi connectivity index (χ4n) is 1.04. The average molecular weight is 207 g/mol. The summed E-state index contributed by atoms with van der Waals surface area (Å²) in [5.74, 6) is 0. The van der Waals surface area contributed by atoms with E-state index in [2.05, 4.69) is 4.74 Å². The van der Waals surface area contributed by atoms with Gasteiger partial charge in [-0.2, -0.15) is 0 Å². The van der Waals surface area contributed by atoms with Crippen LogP contribution in [-0.4, -0.2) is 13.1 Å². The van der Waals surface area contributed by atoms with Crippen LogP contribution in [0.3, 0.4) is 0 Å². The molecule has 15 heavy (non-hydrogen) atoms. The van der Waals surface area contributed by atoms with Crippen molar-refractivity contribution in [3.8, 4) is 0 Å². The van der Waals surface area contributed by atoms with Crippen molar-refractivity contribution in [2.24, 2.45) is 0 Å². The monoisotopic (exact) mass is 207 g/mol. The van der Waals surface area contributed by atoms with Crippen LogP contribution >= 0.6 is 0 Å². The van der Waals surface area contributed by atoms with Crippen LogP contribution in [0.5, 0.6) is 0 Å². The SMILES string of the molecule is CCOC=O.Nc1ccc2ccoc2c1. The van der Waals surface area contributed by atoms with Crippen LogP contribution in [0.1, 0.15) is 6.92 Å². The van der Waals surface area contributed by atoms with Crippen molar-refractivity contribution in [3.63, 3.8) is 0 Å². The topological polar surface area (TPSA) is 65.5 Å². The van der Waals surface area contributed by atoms with Gasteiger partial charge in [-0.05, 0) is 25.1 Å². The van der Waals surface area contributed by atoms with Crippen molar-refractivity contribution in [1.82, 2.24) is 0 Å². The zero-order chi connectivity index (χ0) is 11.1. The van der Waals surface area contributed by atoms with E-state index >= 15 is 0 Å². The Labute approximate surface area is 87.6 Å². The number of hydrogen-bond donors (Lipinski definition) is 1. The summed E-state index contributed by atoms with van der Waals surface area (Å²) in [6.07, 6.45) is 1.66. The Bertz CT molecular complexity index is 422. The van der Waals surface area contributed by atoms with E-state index in [9.17, 15) is 4.79 Å². The van der Waals surface area contributed by atoms with Crippen molar-refractivity contribution in [1.29, 1.82) is 0 Å². The molecular formula is C11H13NO3. The molecule has 2 aromatic rings. The number of ether oxygens (including phenoxy) is 1. The Morgan fingerprint density at radius 1 is 1.47 bits per heavy atom. The van der Waals surface area contributed by atoms with E-state index in [0.29, 0.717) is 13.1 Å². The highest BCUT2D eigenvalue weighted by atomic mass is 16.5. The molecule has 0 radical (unpaired) electrons. The highest BCUT2D eigenvalue weighted by Crippen LogP contribution is 2.17. The molecule has 0 saturated heterocycles. The predicted molar refractivity (Wildman–Crippen MR) is 58.3 cm³/mol. The quantitative estimate of drug-likeness (QED) is 0.605. The van der Waals surface area contributed by atoms with Crippen LogP contribution in [0, 0.1) is 0 Å². The maximum Gasteiger partial charge on any atom is 0.293 e. The minimum absolute atomic E-state index is 0.431. The predicted octanol–water partition coefficient (Wildman–Crippen LogP) is 2.19. The van der Waals surface area contributed by atoms with Gasteiger partial charge in [0.15, 0.2) is 0 Å². The van der Waals surface area contributed by atoms with E-state index in [1.807, 2.05) is 24.3 Å². The molecule has 0 amide bonds. The standard InChI is InChI=1S/C8H7NO.C3H6O2/c9-7-2-1-6-3-4-10-8(6)5-7;1-2-5-3-4/h1-5H,9H2;3H,2H2,1H3. The number of nitrogen functional groups attached to an aromatic ring is 1. The van der Waals surface area contributed by atoms with Crippen LogP contribution in [0.15, 0.2) is 34.9 Å². The second kappa shape index (κ2) is 5.70. The van der Waals surface area contributed by atoms with Crippen LogP contribution in [-0.2, 0) is 9.53 Å². The number of fused-ring (bicyclic) bond motifs is 1. The lowest BCUT2D eigenvalue weighted by molar-refractivity contribution is -0.128. The van der Waals surface area contributed by atoms with Gasteiger partial charge in [-0.1, -0.05) is 0 Å². The number of anilines is 1. The number of hydrogen-bond acceptors (Lipinski definition) is 4. The second-order valence-corrected chi connectivity index (χ2v) is 2.77. The van der Waals surface area contributed by atoms with Gasteiger partial charge in [-0.3, -0.25) is 4.79 Å². The smallest absolute Gasteiger partial charge is 0.293 e. The third kappa shape index (κ3) is 3.34. The van der Waals surface area contributed by atoms with E-state index in [0.717, 1.165) is 16.7 Å². The molecule has 0 aliphatic rings. The van der Waals surface area contributed by atoms with Gasteiger partial charge in [0.2, 0.25) is 0 Å². The number of rotatable bonds is 2. The van der Waals surface area contributed by atoms with E-state index < -0.39 is 0 Å². The van der Waals surface area contributed by atoms with E-state index in [1.165, 1.54) is 0 Å². The second-order valence-electron chi connectivity index (χ2n) is 2.77. The van der Waals surface area contributed by atoms with E-state index in [4.69, 9.17) is 10.2 Å². The number of benzene rings is 1. The molecule has 0 atom stereocenters. The maximum atomic E-state index is 9.18. The Kier molecular flexibility index (Phi) is 4.22. The lowest BCUT2D eigenvalue weighted by Crippen LogP contribution is -1.80. The molecule has 0 saturated carbocycles. The van der Waals surface area contributed by atoms with Gasteiger partial charge in [0.1, 0.15) is 5.58 Å². The third-order valence-electron chi connectivity index (χ3n) is 1.71. The highest BCUT2D eigenvalue weighted by Gasteiger charge is 1.93. The van der Waals surface area contributed by atoms with Gasteiger partial charge in [0.25, 0.3) is 6.47 Å². The molecule has 2 rings (SSSR count). The first-order chi connectivity index (χ1) is 7.27. The molecule has 1 heterocycles. The molecule has 80 valence electrons. The first-order valence-electron chi connectivity index (χ1n) is 4.56. The first kappa shape index (κ1) is 11.1. The van der Waals surface area contributed by atoms with Crippen molar-refractivity contribution in [2.75, 3.05) is 12.3 Å². The number of carbonyl (C=O) groups excluding carboxylic acids is 1. The normalized spacial score (nSPS) is 9.13. The largest absolute Gasteiger partial charge is 0.468 e. The molecule has 0 unspecified atom stereocenters. The average Bonchev–Trinajstić information content (AvgIpc) is 2.67. The summed E-state index contributed by atoms with van der Waals surface area (Å²) in [7, 11) is 0. The molecule has 0 aliphatic heterocycles. The Hall–Kier alpha value is -1.97. The summed E-state index contributed by atoms with van der Waals surface area (Å²) in [6, 6.07) is 7.52. The third-order valence-corrected chi connectivity index (χ3v) is 1.71. The molecule has 4 heteroatoms. The minimum Gasteiger partial charge on any atom is -0.468 e. The Morgan fingerprint density at radius 2 is 2.27 bits per heavy atom. The fourth-order valence-corrected chi connectivity index (χ4v) is 1.04. The molecule has 1 aromatic heterocycles.